The number of hydrogen-bond acceptors (Lipinski definition) is 7. The van der Waals surface area contributed by atoms with Crippen molar-refractivity contribution in [3.05, 3.63) is 35.9 Å². The van der Waals surface area contributed by atoms with Gasteiger partial charge in [-0.05, 0) is 45.6 Å². The van der Waals surface area contributed by atoms with Gasteiger partial charge in [-0.15, -0.1) is 0 Å². The second-order valence-corrected chi connectivity index (χ2v) is 7.98. The molecule has 32 heavy (non-hydrogen) atoms. The zero-order valence-electron chi connectivity index (χ0n) is 19.1. The lowest BCUT2D eigenvalue weighted by molar-refractivity contribution is -0.141. The van der Waals surface area contributed by atoms with Crippen LogP contribution in [0.1, 0.15) is 45.6 Å². The van der Waals surface area contributed by atoms with Gasteiger partial charge in [0.1, 0.15) is 24.8 Å². The lowest BCUT2D eigenvalue weighted by Gasteiger charge is -2.20. The molecule has 0 spiro atoms. The Labute approximate surface area is 188 Å². The van der Waals surface area contributed by atoms with E-state index in [1.54, 1.807) is 20.8 Å². The highest BCUT2D eigenvalue weighted by Crippen LogP contribution is 2.07. The maximum absolute atomic E-state index is 12.4. The topological polar surface area (TPSA) is 132 Å². The van der Waals surface area contributed by atoms with Crippen LogP contribution in [0, 0.1) is 0 Å². The number of esters is 1. The maximum Gasteiger partial charge on any atom is 0.408 e. The van der Waals surface area contributed by atoms with Crippen molar-refractivity contribution >= 4 is 24.1 Å². The maximum atomic E-state index is 12.4. The number of carbonyl (C=O) groups excluding carboxylic acids is 4. The number of hydrogen-bond donors (Lipinski definition) is 3. The minimum atomic E-state index is -0.913. The highest BCUT2D eigenvalue weighted by atomic mass is 16.6. The molecule has 10 heteroatoms. The fourth-order valence-electron chi connectivity index (χ4n) is 2.51. The molecule has 0 radical (unpaired) electrons. The van der Waals surface area contributed by atoms with E-state index in [1.165, 1.54) is 7.11 Å². The van der Waals surface area contributed by atoms with Crippen molar-refractivity contribution < 1.29 is 33.4 Å². The van der Waals surface area contributed by atoms with E-state index in [1.807, 2.05) is 30.3 Å². The lowest BCUT2D eigenvalue weighted by Crippen LogP contribution is -2.48. The summed E-state index contributed by atoms with van der Waals surface area (Å²) in [5.74, 6) is -1.14. The zero-order valence-corrected chi connectivity index (χ0v) is 19.1. The van der Waals surface area contributed by atoms with Crippen molar-refractivity contribution in [2.24, 2.45) is 0 Å². The fraction of sp³-hybridized carbons (Fsp3) is 0.545. The van der Waals surface area contributed by atoms with Gasteiger partial charge in [0.2, 0.25) is 5.91 Å². The lowest BCUT2D eigenvalue weighted by atomic mass is 10.1. The number of unbranched alkanes of at least 4 members (excludes halogenated alkanes) is 1. The molecule has 0 aliphatic rings. The number of amides is 3. The molecular weight excluding hydrogens is 418 g/mol. The molecule has 0 aromatic heterocycles. The number of rotatable bonds is 11. The van der Waals surface area contributed by atoms with Crippen LogP contribution in [0.15, 0.2) is 30.3 Å². The van der Waals surface area contributed by atoms with E-state index in [2.05, 4.69) is 20.7 Å². The van der Waals surface area contributed by atoms with Gasteiger partial charge in [0.25, 0.3) is 0 Å². The molecule has 0 saturated carbocycles. The highest BCUT2D eigenvalue weighted by molar-refractivity contribution is 5.88. The van der Waals surface area contributed by atoms with E-state index in [0.717, 1.165) is 5.56 Å². The molecule has 0 heterocycles. The second-order valence-electron chi connectivity index (χ2n) is 7.98. The van der Waals surface area contributed by atoms with Crippen molar-refractivity contribution in [2.45, 2.75) is 58.3 Å². The molecule has 0 aliphatic heterocycles. The van der Waals surface area contributed by atoms with Gasteiger partial charge in [-0.25, -0.2) is 9.59 Å². The van der Waals surface area contributed by atoms with Crippen LogP contribution in [-0.2, 0) is 30.4 Å². The first kappa shape index (κ1) is 26.7. The summed E-state index contributed by atoms with van der Waals surface area (Å²) in [6.07, 6.45) is 0.0846. The van der Waals surface area contributed by atoms with E-state index in [-0.39, 0.29) is 19.6 Å². The molecule has 0 bridgehead atoms. The molecule has 0 aliphatic carbocycles. The molecule has 0 fully saturated rings. The normalized spacial score (nSPS) is 11.6. The van der Waals surface area contributed by atoms with Crippen LogP contribution in [0.5, 0.6) is 0 Å². The Morgan fingerprint density at radius 2 is 1.66 bits per heavy atom. The summed E-state index contributed by atoms with van der Waals surface area (Å²) in [6.45, 7) is 5.41. The Balaban J connectivity index is 2.50. The van der Waals surface area contributed by atoms with Gasteiger partial charge in [0.15, 0.2) is 0 Å². The molecule has 1 unspecified atom stereocenters. The van der Waals surface area contributed by atoms with E-state index < -0.39 is 35.7 Å². The number of alkyl carbamates (subject to hydrolysis) is 2. The molecule has 10 nitrogen and oxygen atoms in total. The van der Waals surface area contributed by atoms with Crippen LogP contribution in [0.25, 0.3) is 0 Å². The fourth-order valence-corrected chi connectivity index (χ4v) is 2.51. The van der Waals surface area contributed by atoms with Gasteiger partial charge < -0.3 is 30.2 Å². The number of benzene rings is 1. The van der Waals surface area contributed by atoms with E-state index in [4.69, 9.17) is 9.47 Å². The third-order valence-corrected chi connectivity index (χ3v) is 4.04. The summed E-state index contributed by atoms with van der Waals surface area (Å²) in [5.41, 5.74) is 0.222. The van der Waals surface area contributed by atoms with Gasteiger partial charge in [0, 0.05) is 6.54 Å². The first-order valence-corrected chi connectivity index (χ1v) is 10.4. The number of ether oxygens (including phenoxy) is 3. The second kappa shape index (κ2) is 13.9. The molecule has 3 amide bonds. The summed E-state index contributed by atoms with van der Waals surface area (Å²) in [4.78, 5) is 47.5. The van der Waals surface area contributed by atoms with E-state index >= 15 is 0 Å². The first-order chi connectivity index (χ1) is 15.1. The van der Waals surface area contributed by atoms with Crippen LogP contribution in [0.4, 0.5) is 9.59 Å². The molecule has 1 aromatic carbocycles. The summed E-state index contributed by atoms with van der Waals surface area (Å²) in [5, 5.41) is 7.58. The number of nitrogens with one attached hydrogen (secondary N) is 3. The Morgan fingerprint density at radius 3 is 2.28 bits per heavy atom. The van der Waals surface area contributed by atoms with Crippen molar-refractivity contribution in [2.75, 3.05) is 20.2 Å². The quantitative estimate of drug-likeness (QED) is 0.267. The van der Waals surface area contributed by atoms with Gasteiger partial charge in [-0.3, -0.25) is 9.59 Å². The summed E-state index contributed by atoms with van der Waals surface area (Å²) in [7, 11) is 1.21. The van der Waals surface area contributed by atoms with Crippen LogP contribution in [-0.4, -0.2) is 55.9 Å². The average Bonchev–Trinajstić information content (AvgIpc) is 2.74. The van der Waals surface area contributed by atoms with Crippen LogP contribution in [0.2, 0.25) is 0 Å². The zero-order chi connectivity index (χ0) is 24.0. The van der Waals surface area contributed by atoms with Gasteiger partial charge in [-0.2, -0.15) is 0 Å². The molecule has 1 rings (SSSR count). The molecule has 1 atom stereocenters. The predicted molar refractivity (Wildman–Crippen MR) is 117 cm³/mol. The van der Waals surface area contributed by atoms with Crippen LogP contribution >= 0.6 is 0 Å². The van der Waals surface area contributed by atoms with Crippen molar-refractivity contribution in [1.29, 1.82) is 0 Å². The van der Waals surface area contributed by atoms with Crippen LogP contribution < -0.4 is 16.0 Å². The van der Waals surface area contributed by atoms with Crippen molar-refractivity contribution in [3.8, 4) is 0 Å². The third kappa shape index (κ3) is 12.4. The molecule has 178 valence electrons. The molecule has 0 saturated heterocycles. The van der Waals surface area contributed by atoms with Gasteiger partial charge >= 0.3 is 18.2 Å². The Kier molecular flexibility index (Phi) is 11.6. The van der Waals surface area contributed by atoms with Crippen molar-refractivity contribution in [1.82, 2.24) is 16.0 Å². The van der Waals surface area contributed by atoms with E-state index in [9.17, 15) is 19.2 Å². The Bertz CT molecular complexity index is 748. The highest BCUT2D eigenvalue weighted by Gasteiger charge is 2.22. The number of methoxy groups -OCH3 is 1. The molecule has 3 N–H and O–H groups in total. The minimum Gasteiger partial charge on any atom is -0.468 e. The summed E-state index contributed by atoms with van der Waals surface area (Å²) < 4.78 is 14.8. The largest absolute Gasteiger partial charge is 0.468 e. The monoisotopic (exact) mass is 451 g/mol. The molecular formula is C22H33N3O7. The van der Waals surface area contributed by atoms with E-state index in [0.29, 0.717) is 19.4 Å². The Hall–Kier alpha value is -3.30. The summed E-state index contributed by atoms with van der Waals surface area (Å²) >= 11 is 0. The average molecular weight is 452 g/mol. The van der Waals surface area contributed by atoms with Gasteiger partial charge in [0.05, 0.1) is 7.11 Å². The number of carbonyl (C=O) groups is 4. The molecule has 1 aromatic rings. The van der Waals surface area contributed by atoms with Crippen LogP contribution in [0.3, 0.4) is 0 Å². The smallest absolute Gasteiger partial charge is 0.408 e. The predicted octanol–water partition coefficient (Wildman–Crippen LogP) is 2.27. The summed E-state index contributed by atoms with van der Waals surface area (Å²) in [6, 6.07) is 8.21. The standard InChI is InChI=1S/C22H33N3O7/c1-22(2,3)32-20(28)23-13-9-8-12-17(19(27)24-14-18(26)30-4)25-21(29)31-15-16-10-6-5-7-11-16/h5-7,10-11,17H,8-9,12-15H2,1-4H3,(H,23,28)(H,24,27)(H,25,29). The van der Waals surface area contributed by atoms with Crippen molar-refractivity contribution in [3.63, 3.8) is 0 Å². The third-order valence-electron chi connectivity index (χ3n) is 4.04. The first-order valence-electron chi connectivity index (χ1n) is 10.4. The SMILES string of the molecule is COC(=O)CNC(=O)C(CCCCNC(=O)OC(C)(C)C)NC(=O)OCc1ccccc1. The Morgan fingerprint density at radius 1 is 0.969 bits per heavy atom. The van der Waals surface area contributed by atoms with Gasteiger partial charge in [-0.1, -0.05) is 30.3 Å². The minimum absolute atomic E-state index is 0.0585.